The summed E-state index contributed by atoms with van der Waals surface area (Å²) < 4.78 is 3.12. The maximum absolute atomic E-state index is 2.32. The second kappa shape index (κ2) is 5.62. The normalized spacial score (nSPS) is 12.4. The summed E-state index contributed by atoms with van der Waals surface area (Å²) in [6, 6.07) is 22.4. The van der Waals surface area contributed by atoms with Gasteiger partial charge in [-0.25, -0.2) is 0 Å². The molecule has 0 fully saturated rings. The molecule has 0 amide bonds. The van der Waals surface area contributed by atoms with Crippen molar-refractivity contribution in [3.8, 4) is 11.1 Å². The average molecular weight is 358 g/mol. The molecule has 112 valence electrons. The fourth-order valence-corrected chi connectivity index (χ4v) is 6.38. The summed E-state index contributed by atoms with van der Waals surface area (Å²) in [5.41, 5.74) is 9.92. The second-order valence-corrected chi connectivity index (χ2v) is 8.64. The van der Waals surface area contributed by atoms with E-state index in [0.717, 1.165) is 0 Å². The van der Waals surface area contributed by atoms with Crippen LogP contribution in [0, 0.1) is 20.8 Å². The number of fused-ring (bicyclic) bond motifs is 3. The van der Waals surface area contributed by atoms with Crippen LogP contribution in [0.25, 0.3) is 11.1 Å². The molecule has 0 aromatic heterocycles. The van der Waals surface area contributed by atoms with Crippen LogP contribution < -0.4 is 4.35 Å². The SMILES string of the molecule is Cc1cc(C)c([As]=C2c3ccccc3-c3ccccc32)c(C)c1. The Balaban J connectivity index is 2.00. The standard InChI is InChI=1S/C22H19As/c1-14-12-15(2)21(16(3)13-14)23-22-19-10-6-4-8-17(19)18-9-5-7-11-20(18)22/h4-13H,1-3H3. The van der Waals surface area contributed by atoms with E-state index >= 15 is 0 Å². The predicted molar refractivity (Wildman–Crippen MR) is 101 cm³/mol. The van der Waals surface area contributed by atoms with Crippen LogP contribution in [0.3, 0.4) is 0 Å². The van der Waals surface area contributed by atoms with Gasteiger partial charge in [0.2, 0.25) is 0 Å². The number of rotatable bonds is 1. The van der Waals surface area contributed by atoms with Gasteiger partial charge >= 0.3 is 144 Å². The molecule has 0 saturated heterocycles. The summed E-state index contributed by atoms with van der Waals surface area (Å²) in [6.07, 6.45) is 0. The van der Waals surface area contributed by atoms with Crippen molar-refractivity contribution >= 4 is 24.0 Å². The van der Waals surface area contributed by atoms with E-state index in [1.807, 2.05) is 0 Å². The molecule has 23 heavy (non-hydrogen) atoms. The first-order chi connectivity index (χ1) is 11.1. The van der Waals surface area contributed by atoms with Gasteiger partial charge in [0.25, 0.3) is 0 Å². The molecule has 0 atom stereocenters. The summed E-state index contributed by atoms with van der Waals surface area (Å²) in [4.78, 5) is 0. The molecule has 1 heteroatoms. The first-order valence-electron chi connectivity index (χ1n) is 8.01. The molecule has 0 radical (unpaired) electrons. The number of hydrogen-bond donors (Lipinski definition) is 0. The van der Waals surface area contributed by atoms with Crippen molar-refractivity contribution in [2.45, 2.75) is 20.8 Å². The van der Waals surface area contributed by atoms with Crippen molar-refractivity contribution < 1.29 is 0 Å². The summed E-state index contributed by atoms with van der Waals surface area (Å²) in [7, 11) is 0. The van der Waals surface area contributed by atoms with Crippen LogP contribution in [0.2, 0.25) is 0 Å². The molecule has 0 saturated carbocycles. The van der Waals surface area contributed by atoms with E-state index in [2.05, 4.69) is 81.4 Å². The van der Waals surface area contributed by atoms with Gasteiger partial charge in [-0.1, -0.05) is 0 Å². The predicted octanol–water partition coefficient (Wildman–Crippen LogP) is 4.19. The molecular formula is C22H19As. The summed E-state index contributed by atoms with van der Waals surface area (Å²) in [5.74, 6) is 0. The van der Waals surface area contributed by atoms with Crippen molar-refractivity contribution in [2.75, 3.05) is 0 Å². The Morgan fingerprint density at radius 3 is 1.52 bits per heavy atom. The Bertz CT molecular complexity index is 877. The number of benzene rings is 3. The zero-order chi connectivity index (χ0) is 16.0. The van der Waals surface area contributed by atoms with Gasteiger partial charge in [-0.05, 0) is 0 Å². The molecular weight excluding hydrogens is 339 g/mol. The van der Waals surface area contributed by atoms with Gasteiger partial charge in [0.1, 0.15) is 0 Å². The van der Waals surface area contributed by atoms with E-state index in [4.69, 9.17) is 0 Å². The minimum atomic E-state index is -0.0170. The summed E-state index contributed by atoms with van der Waals surface area (Å²) in [5, 5.41) is 0. The van der Waals surface area contributed by atoms with Crippen LogP contribution in [0.4, 0.5) is 0 Å². The monoisotopic (exact) mass is 358 g/mol. The minimum absolute atomic E-state index is 0.0170. The van der Waals surface area contributed by atoms with Crippen LogP contribution in [0.1, 0.15) is 27.8 Å². The number of hydrogen-bond acceptors (Lipinski definition) is 0. The zero-order valence-corrected chi connectivity index (χ0v) is 15.6. The Morgan fingerprint density at radius 2 is 1.04 bits per heavy atom. The molecule has 3 aromatic rings. The van der Waals surface area contributed by atoms with Gasteiger partial charge in [-0.2, -0.15) is 0 Å². The van der Waals surface area contributed by atoms with Crippen LogP contribution in [0.5, 0.6) is 0 Å². The van der Waals surface area contributed by atoms with Crippen molar-refractivity contribution in [1.29, 1.82) is 0 Å². The van der Waals surface area contributed by atoms with Gasteiger partial charge in [-0.15, -0.1) is 0 Å². The van der Waals surface area contributed by atoms with Crippen molar-refractivity contribution in [1.82, 2.24) is 0 Å². The van der Waals surface area contributed by atoms with Crippen LogP contribution >= 0.6 is 0 Å². The van der Waals surface area contributed by atoms with Crippen molar-refractivity contribution in [2.24, 2.45) is 0 Å². The third-order valence-corrected chi connectivity index (χ3v) is 7.94. The van der Waals surface area contributed by atoms with Crippen LogP contribution in [0.15, 0.2) is 60.7 Å². The molecule has 0 aliphatic heterocycles. The summed E-state index contributed by atoms with van der Waals surface area (Å²) >= 11 is -0.0170. The molecule has 0 spiro atoms. The maximum atomic E-state index is 2.32. The third kappa shape index (κ3) is 2.42. The first-order valence-corrected chi connectivity index (χ1v) is 9.88. The van der Waals surface area contributed by atoms with Gasteiger partial charge < -0.3 is 0 Å². The first kappa shape index (κ1) is 14.7. The topological polar surface area (TPSA) is 0 Å². The van der Waals surface area contributed by atoms with E-state index in [0.29, 0.717) is 0 Å². The fourth-order valence-electron chi connectivity index (χ4n) is 3.58. The fraction of sp³-hybridized carbons (Fsp3) is 0.136. The molecule has 0 unspecified atom stereocenters. The van der Waals surface area contributed by atoms with Gasteiger partial charge in [0.05, 0.1) is 0 Å². The van der Waals surface area contributed by atoms with E-state index in [1.165, 1.54) is 38.9 Å². The Hall–Kier alpha value is -1.91. The zero-order valence-electron chi connectivity index (χ0n) is 13.7. The molecule has 0 bridgehead atoms. The molecule has 0 heterocycles. The molecule has 0 nitrogen and oxygen atoms in total. The Kier molecular flexibility index (Phi) is 3.58. The second-order valence-electron chi connectivity index (χ2n) is 6.30. The van der Waals surface area contributed by atoms with Crippen LogP contribution in [-0.2, 0) is 0 Å². The molecule has 4 rings (SSSR count). The molecule has 0 N–H and O–H groups in total. The molecule has 3 aromatic carbocycles. The van der Waals surface area contributed by atoms with Gasteiger partial charge in [0, 0.05) is 0 Å². The van der Waals surface area contributed by atoms with Gasteiger partial charge in [-0.3, -0.25) is 0 Å². The molecule has 1 aliphatic carbocycles. The van der Waals surface area contributed by atoms with E-state index < -0.39 is 0 Å². The van der Waals surface area contributed by atoms with Crippen molar-refractivity contribution in [3.05, 3.63) is 88.5 Å². The van der Waals surface area contributed by atoms with E-state index in [-0.39, 0.29) is 15.3 Å². The third-order valence-electron chi connectivity index (χ3n) is 4.51. The summed E-state index contributed by atoms with van der Waals surface area (Å²) in [6.45, 7) is 6.71. The van der Waals surface area contributed by atoms with Gasteiger partial charge in [0.15, 0.2) is 0 Å². The van der Waals surface area contributed by atoms with E-state index in [1.54, 1.807) is 8.66 Å². The quantitative estimate of drug-likeness (QED) is 0.448. The Labute approximate surface area is 144 Å². The Morgan fingerprint density at radius 1 is 0.609 bits per heavy atom. The molecule has 1 aliphatic rings. The van der Waals surface area contributed by atoms with Crippen molar-refractivity contribution in [3.63, 3.8) is 0 Å². The number of aryl methyl sites for hydroxylation is 3. The average Bonchev–Trinajstić information content (AvgIpc) is 2.85. The van der Waals surface area contributed by atoms with E-state index in [9.17, 15) is 0 Å². The van der Waals surface area contributed by atoms with Crippen LogP contribution in [-0.4, -0.2) is 19.6 Å².